The summed E-state index contributed by atoms with van der Waals surface area (Å²) >= 11 is 1.42. The van der Waals surface area contributed by atoms with Crippen molar-refractivity contribution in [3.05, 3.63) is 37.1 Å². The Balaban J connectivity index is 1.51. The number of aryl methyl sites for hydroxylation is 1. The Morgan fingerprint density at radius 2 is 2.08 bits per heavy atom. The fourth-order valence-electron chi connectivity index (χ4n) is 2.66. The maximum absolute atomic E-state index is 12.5. The predicted octanol–water partition coefficient (Wildman–Crippen LogP) is 1.00. The van der Waals surface area contributed by atoms with Gasteiger partial charge in [-0.2, -0.15) is 0 Å². The van der Waals surface area contributed by atoms with Gasteiger partial charge in [0.15, 0.2) is 5.16 Å². The Bertz CT molecular complexity index is 725. The number of thioether (sulfide) groups is 1. The summed E-state index contributed by atoms with van der Waals surface area (Å²) < 4.78 is 1.96. The lowest BCUT2D eigenvalue weighted by Gasteiger charge is -2.35. The Hall–Kier alpha value is -2.42. The minimum Gasteiger partial charge on any atom is -0.352 e. The van der Waals surface area contributed by atoms with Gasteiger partial charge in [0, 0.05) is 45.1 Å². The second kappa shape index (κ2) is 8.11. The van der Waals surface area contributed by atoms with Crippen LogP contribution in [0.2, 0.25) is 0 Å². The second-order valence-electron chi connectivity index (χ2n) is 5.65. The van der Waals surface area contributed by atoms with Crippen LogP contribution in [-0.2, 0) is 11.3 Å². The molecule has 8 nitrogen and oxygen atoms in total. The first-order chi connectivity index (χ1) is 12.2. The average Bonchev–Trinajstić information content (AvgIpc) is 3.01. The molecule has 2 aromatic heterocycles. The number of amides is 1. The van der Waals surface area contributed by atoms with Crippen LogP contribution < -0.4 is 4.90 Å². The van der Waals surface area contributed by atoms with Crippen LogP contribution in [0.1, 0.15) is 5.82 Å². The average molecular weight is 359 g/mol. The summed E-state index contributed by atoms with van der Waals surface area (Å²) in [4.78, 5) is 24.9. The van der Waals surface area contributed by atoms with Crippen LogP contribution in [0.15, 0.2) is 36.4 Å². The van der Waals surface area contributed by atoms with Crippen molar-refractivity contribution in [3.8, 4) is 0 Å². The summed E-state index contributed by atoms with van der Waals surface area (Å²) in [7, 11) is 0. The molecular formula is C16H21N7OS. The SMILES string of the molecule is C=CCn1c(C)nnc1SCC(=O)N1CCN(c2cnccn2)CC1. The maximum Gasteiger partial charge on any atom is 0.233 e. The van der Waals surface area contributed by atoms with Gasteiger partial charge in [-0.1, -0.05) is 17.8 Å². The van der Waals surface area contributed by atoms with E-state index < -0.39 is 0 Å². The highest BCUT2D eigenvalue weighted by molar-refractivity contribution is 7.99. The summed E-state index contributed by atoms with van der Waals surface area (Å²) in [5.74, 6) is 2.17. The molecule has 3 heterocycles. The smallest absolute Gasteiger partial charge is 0.233 e. The third-order valence-electron chi connectivity index (χ3n) is 4.04. The molecule has 1 amide bonds. The van der Waals surface area contributed by atoms with Gasteiger partial charge in [0.25, 0.3) is 0 Å². The van der Waals surface area contributed by atoms with Crippen molar-refractivity contribution in [2.75, 3.05) is 36.8 Å². The molecule has 132 valence electrons. The van der Waals surface area contributed by atoms with Crippen molar-refractivity contribution in [2.45, 2.75) is 18.6 Å². The molecule has 0 N–H and O–H groups in total. The van der Waals surface area contributed by atoms with Gasteiger partial charge in [0.1, 0.15) is 11.6 Å². The molecular weight excluding hydrogens is 338 g/mol. The number of piperazine rings is 1. The number of rotatable bonds is 6. The van der Waals surface area contributed by atoms with Gasteiger partial charge in [-0.3, -0.25) is 9.78 Å². The van der Waals surface area contributed by atoms with E-state index in [-0.39, 0.29) is 5.91 Å². The minimum atomic E-state index is 0.120. The Kier molecular flexibility index (Phi) is 5.64. The summed E-state index contributed by atoms with van der Waals surface area (Å²) in [5, 5.41) is 8.96. The highest BCUT2D eigenvalue weighted by Crippen LogP contribution is 2.18. The van der Waals surface area contributed by atoms with E-state index in [4.69, 9.17) is 0 Å². The zero-order chi connectivity index (χ0) is 17.6. The summed E-state index contributed by atoms with van der Waals surface area (Å²) in [6.45, 7) is 9.19. The third-order valence-corrected chi connectivity index (χ3v) is 5.00. The lowest BCUT2D eigenvalue weighted by Crippen LogP contribution is -2.49. The molecule has 0 aliphatic carbocycles. The fraction of sp³-hybridized carbons (Fsp3) is 0.438. The Labute approximate surface area is 151 Å². The highest BCUT2D eigenvalue weighted by Gasteiger charge is 2.22. The molecule has 0 radical (unpaired) electrons. The number of nitrogens with zero attached hydrogens (tertiary/aromatic N) is 7. The normalized spacial score (nSPS) is 14.6. The molecule has 1 aliphatic heterocycles. The number of anilines is 1. The van der Waals surface area contributed by atoms with Crippen molar-refractivity contribution < 1.29 is 4.79 Å². The molecule has 1 aliphatic rings. The van der Waals surface area contributed by atoms with Crippen molar-refractivity contribution in [1.29, 1.82) is 0 Å². The standard InChI is InChI=1S/C16H21N7OS/c1-3-6-23-13(2)19-20-16(23)25-12-15(24)22-9-7-21(8-10-22)14-11-17-4-5-18-14/h3-5,11H,1,6-10,12H2,2H3. The molecule has 3 rings (SSSR count). The molecule has 0 aromatic carbocycles. The predicted molar refractivity (Wildman–Crippen MR) is 96.5 cm³/mol. The van der Waals surface area contributed by atoms with E-state index in [1.54, 1.807) is 24.7 Å². The highest BCUT2D eigenvalue weighted by atomic mass is 32.2. The lowest BCUT2D eigenvalue weighted by molar-refractivity contribution is -0.128. The molecule has 1 saturated heterocycles. The van der Waals surface area contributed by atoms with Crippen molar-refractivity contribution >= 4 is 23.5 Å². The van der Waals surface area contributed by atoms with Gasteiger partial charge in [-0.05, 0) is 6.92 Å². The zero-order valence-corrected chi connectivity index (χ0v) is 15.0. The van der Waals surface area contributed by atoms with E-state index >= 15 is 0 Å². The Morgan fingerprint density at radius 1 is 1.28 bits per heavy atom. The lowest BCUT2D eigenvalue weighted by atomic mass is 10.3. The fourth-order valence-corrected chi connectivity index (χ4v) is 3.56. The van der Waals surface area contributed by atoms with Gasteiger partial charge in [0.05, 0.1) is 11.9 Å². The maximum atomic E-state index is 12.5. The first-order valence-electron chi connectivity index (χ1n) is 8.11. The number of allylic oxidation sites excluding steroid dienone is 1. The van der Waals surface area contributed by atoms with Crippen molar-refractivity contribution in [3.63, 3.8) is 0 Å². The van der Waals surface area contributed by atoms with E-state index in [0.29, 0.717) is 25.4 Å². The van der Waals surface area contributed by atoms with Crippen LogP contribution in [0.3, 0.4) is 0 Å². The number of carbonyl (C=O) groups excluding carboxylic acids is 1. The molecule has 0 bridgehead atoms. The molecule has 0 spiro atoms. The summed E-state index contributed by atoms with van der Waals surface area (Å²) in [6, 6.07) is 0. The number of hydrogen-bond acceptors (Lipinski definition) is 7. The first kappa shape index (κ1) is 17.4. The molecule has 1 fully saturated rings. The molecule has 0 atom stereocenters. The minimum absolute atomic E-state index is 0.120. The summed E-state index contributed by atoms with van der Waals surface area (Å²) in [5.41, 5.74) is 0. The van der Waals surface area contributed by atoms with Crippen LogP contribution in [0.4, 0.5) is 5.82 Å². The van der Waals surface area contributed by atoms with Crippen molar-refractivity contribution in [2.24, 2.45) is 0 Å². The topological polar surface area (TPSA) is 80.0 Å². The zero-order valence-electron chi connectivity index (χ0n) is 14.2. The number of aromatic nitrogens is 5. The van der Waals surface area contributed by atoms with Gasteiger partial charge in [0.2, 0.25) is 5.91 Å². The second-order valence-corrected chi connectivity index (χ2v) is 6.59. The monoisotopic (exact) mass is 359 g/mol. The van der Waals surface area contributed by atoms with Crippen LogP contribution in [0, 0.1) is 6.92 Å². The van der Waals surface area contributed by atoms with Crippen LogP contribution in [-0.4, -0.2) is 67.5 Å². The number of carbonyl (C=O) groups is 1. The van der Waals surface area contributed by atoms with Gasteiger partial charge >= 0.3 is 0 Å². The molecule has 25 heavy (non-hydrogen) atoms. The third kappa shape index (κ3) is 4.16. The van der Waals surface area contributed by atoms with Crippen LogP contribution in [0.5, 0.6) is 0 Å². The van der Waals surface area contributed by atoms with Gasteiger partial charge in [-0.25, -0.2) is 4.98 Å². The van der Waals surface area contributed by atoms with E-state index in [1.807, 2.05) is 16.4 Å². The molecule has 9 heteroatoms. The molecule has 2 aromatic rings. The van der Waals surface area contributed by atoms with Crippen LogP contribution in [0.25, 0.3) is 0 Å². The first-order valence-corrected chi connectivity index (χ1v) is 9.10. The largest absolute Gasteiger partial charge is 0.352 e. The van der Waals surface area contributed by atoms with E-state index in [0.717, 1.165) is 29.9 Å². The molecule has 0 unspecified atom stereocenters. The Morgan fingerprint density at radius 3 is 2.76 bits per heavy atom. The van der Waals surface area contributed by atoms with E-state index in [1.165, 1.54) is 11.8 Å². The summed E-state index contributed by atoms with van der Waals surface area (Å²) in [6.07, 6.45) is 6.90. The van der Waals surface area contributed by atoms with Crippen molar-refractivity contribution in [1.82, 2.24) is 29.6 Å². The van der Waals surface area contributed by atoms with Gasteiger partial charge < -0.3 is 14.4 Å². The quantitative estimate of drug-likeness (QED) is 0.562. The van der Waals surface area contributed by atoms with Gasteiger partial charge in [-0.15, -0.1) is 16.8 Å². The van der Waals surface area contributed by atoms with E-state index in [9.17, 15) is 4.79 Å². The van der Waals surface area contributed by atoms with Crippen LogP contribution >= 0.6 is 11.8 Å². The number of hydrogen-bond donors (Lipinski definition) is 0. The van der Waals surface area contributed by atoms with E-state index in [2.05, 4.69) is 31.6 Å². The molecule has 0 saturated carbocycles.